The summed E-state index contributed by atoms with van der Waals surface area (Å²) in [5.41, 5.74) is 2.01. The van der Waals surface area contributed by atoms with E-state index in [1.54, 1.807) is 33.3 Å². The molecule has 1 aromatic heterocycles. The highest BCUT2D eigenvalue weighted by Gasteiger charge is 2.27. The van der Waals surface area contributed by atoms with Gasteiger partial charge in [0, 0.05) is 23.5 Å². The fraction of sp³-hybridized carbons (Fsp3) is 0.538. The minimum Gasteiger partial charge on any atom is -0.335 e. The summed E-state index contributed by atoms with van der Waals surface area (Å²) < 4.78 is 13.4. The van der Waals surface area contributed by atoms with Gasteiger partial charge >= 0.3 is 6.03 Å². The molecule has 0 saturated heterocycles. The number of urea groups is 1. The van der Waals surface area contributed by atoms with Crippen LogP contribution in [0.1, 0.15) is 68.4 Å². The first-order valence-electron chi connectivity index (χ1n) is 12.0. The van der Waals surface area contributed by atoms with E-state index in [1.165, 1.54) is 18.6 Å². The predicted molar refractivity (Wildman–Crippen MR) is 132 cm³/mol. The normalized spacial score (nSPS) is 15.2. The third-order valence-corrected chi connectivity index (χ3v) is 7.57. The highest BCUT2D eigenvalue weighted by atomic mass is 32.1. The van der Waals surface area contributed by atoms with Crippen LogP contribution in [0.3, 0.4) is 0 Å². The molecule has 1 atom stereocenters. The van der Waals surface area contributed by atoms with Crippen LogP contribution in [0.25, 0.3) is 0 Å². The zero-order chi connectivity index (χ0) is 23.8. The molecule has 5 nitrogen and oxygen atoms in total. The topological polar surface area (TPSA) is 52.7 Å². The van der Waals surface area contributed by atoms with Crippen LogP contribution in [0.4, 0.5) is 9.18 Å². The molecule has 1 fully saturated rings. The lowest BCUT2D eigenvalue weighted by atomic mass is 9.96. The molecule has 0 radical (unpaired) electrons. The molecule has 33 heavy (non-hydrogen) atoms. The van der Waals surface area contributed by atoms with Crippen molar-refractivity contribution in [1.29, 1.82) is 0 Å². The van der Waals surface area contributed by atoms with Gasteiger partial charge < -0.3 is 15.1 Å². The number of amides is 3. The third-order valence-electron chi connectivity index (χ3n) is 6.56. The second-order valence-electron chi connectivity index (χ2n) is 9.07. The molecule has 3 amide bonds. The van der Waals surface area contributed by atoms with Crippen LogP contribution < -0.4 is 5.32 Å². The Kier molecular flexibility index (Phi) is 9.30. The standard InChI is InChI=1S/C26H36FN3O2S/c1-4-20(3)30(26(32)28-23-8-6-5-7-9-23)18-25(31)29(17-24-19(2)14-15-33-24)16-21-10-12-22(27)13-11-21/h10-15,20,23H,4-9,16-18H2,1-3H3,(H,28,32). The molecular weight excluding hydrogens is 437 g/mol. The molecule has 0 spiro atoms. The molecule has 0 aliphatic heterocycles. The lowest BCUT2D eigenvalue weighted by Gasteiger charge is -2.33. The van der Waals surface area contributed by atoms with E-state index in [0.717, 1.165) is 48.1 Å². The Bertz CT molecular complexity index is 909. The number of carbonyl (C=O) groups is 2. The summed E-state index contributed by atoms with van der Waals surface area (Å²) in [6.45, 7) is 6.92. The largest absolute Gasteiger partial charge is 0.335 e. The zero-order valence-corrected chi connectivity index (χ0v) is 20.8. The van der Waals surface area contributed by atoms with Crippen LogP contribution in [0.5, 0.6) is 0 Å². The van der Waals surface area contributed by atoms with Crippen LogP contribution in [0, 0.1) is 12.7 Å². The van der Waals surface area contributed by atoms with E-state index < -0.39 is 0 Å². The molecular formula is C26H36FN3O2S. The summed E-state index contributed by atoms with van der Waals surface area (Å²) in [5.74, 6) is -0.403. The van der Waals surface area contributed by atoms with Crippen molar-refractivity contribution in [2.75, 3.05) is 6.54 Å². The fourth-order valence-corrected chi connectivity index (χ4v) is 5.10. The van der Waals surface area contributed by atoms with Crippen molar-refractivity contribution >= 4 is 23.3 Å². The van der Waals surface area contributed by atoms with Crippen molar-refractivity contribution in [3.05, 3.63) is 57.5 Å². The quantitative estimate of drug-likeness (QED) is 0.495. The average molecular weight is 474 g/mol. The van der Waals surface area contributed by atoms with Gasteiger partial charge in [0.05, 0.1) is 6.54 Å². The van der Waals surface area contributed by atoms with Crippen molar-refractivity contribution < 1.29 is 14.0 Å². The molecule has 2 aromatic rings. The maximum atomic E-state index is 13.5. The van der Waals surface area contributed by atoms with E-state index in [-0.39, 0.29) is 36.4 Å². The number of benzene rings is 1. The number of hydrogen-bond donors (Lipinski definition) is 1. The Labute approximate surface area is 201 Å². The van der Waals surface area contributed by atoms with Gasteiger partial charge in [-0.25, -0.2) is 9.18 Å². The predicted octanol–water partition coefficient (Wildman–Crippen LogP) is 5.87. The van der Waals surface area contributed by atoms with Crippen LogP contribution in [0.15, 0.2) is 35.7 Å². The molecule has 1 aliphatic carbocycles. The molecule has 1 saturated carbocycles. The Morgan fingerprint density at radius 1 is 1.12 bits per heavy atom. The van der Waals surface area contributed by atoms with E-state index in [4.69, 9.17) is 0 Å². The number of nitrogens with zero attached hydrogens (tertiary/aromatic N) is 2. The van der Waals surface area contributed by atoms with Gasteiger partial charge in [-0.05, 0) is 67.8 Å². The second-order valence-corrected chi connectivity index (χ2v) is 10.1. The minimum absolute atomic E-state index is 0.0270. The summed E-state index contributed by atoms with van der Waals surface area (Å²) in [6, 6.07) is 8.28. The maximum Gasteiger partial charge on any atom is 0.318 e. The molecule has 1 aliphatic rings. The number of carbonyl (C=O) groups excluding carboxylic acids is 2. The lowest BCUT2D eigenvalue weighted by Crippen LogP contribution is -2.52. The molecule has 1 aromatic carbocycles. The summed E-state index contributed by atoms with van der Waals surface area (Å²) in [4.78, 5) is 31.2. The molecule has 180 valence electrons. The van der Waals surface area contributed by atoms with Crippen molar-refractivity contribution in [2.24, 2.45) is 0 Å². The lowest BCUT2D eigenvalue weighted by molar-refractivity contribution is -0.133. The summed E-state index contributed by atoms with van der Waals surface area (Å²) in [7, 11) is 0. The third kappa shape index (κ3) is 7.29. The fourth-order valence-electron chi connectivity index (χ4n) is 4.18. The number of rotatable bonds is 9. The first-order valence-corrected chi connectivity index (χ1v) is 12.9. The van der Waals surface area contributed by atoms with Crippen LogP contribution in [0.2, 0.25) is 0 Å². The Morgan fingerprint density at radius 2 is 1.82 bits per heavy atom. The number of thiophene rings is 1. The Hall–Kier alpha value is -2.41. The van der Waals surface area contributed by atoms with Gasteiger partial charge in [0.1, 0.15) is 12.4 Å². The molecule has 1 heterocycles. The SMILES string of the molecule is CCC(C)N(CC(=O)N(Cc1ccc(F)cc1)Cc1sccc1C)C(=O)NC1CCCCC1. The Balaban J connectivity index is 1.75. The number of aryl methyl sites for hydroxylation is 1. The molecule has 3 rings (SSSR count). The van der Waals surface area contributed by atoms with Crippen molar-refractivity contribution in [3.63, 3.8) is 0 Å². The summed E-state index contributed by atoms with van der Waals surface area (Å²) >= 11 is 1.62. The highest BCUT2D eigenvalue weighted by Crippen LogP contribution is 2.21. The zero-order valence-electron chi connectivity index (χ0n) is 20.0. The van der Waals surface area contributed by atoms with E-state index in [1.807, 2.05) is 32.2 Å². The second kappa shape index (κ2) is 12.2. The molecule has 0 bridgehead atoms. The minimum atomic E-state index is -0.298. The van der Waals surface area contributed by atoms with Gasteiger partial charge in [0.25, 0.3) is 0 Å². The van der Waals surface area contributed by atoms with E-state index in [9.17, 15) is 14.0 Å². The van der Waals surface area contributed by atoms with Gasteiger partial charge in [0.15, 0.2) is 0 Å². The van der Waals surface area contributed by atoms with Gasteiger partial charge in [-0.3, -0.25) is 4.79 Å². The highest BCUT2D eigenvalue weighted by molar-refractivity contribution is 7.10. The summed E-state index contributed by atoms with van der Waals surface area (Å²) in [6.07, 6.45) is 6.27. The number of halogens is 1. The Morgan fingerprint density at radius 3 is 2.42 bits per heavy atom. The monoisotopic (exact) mass is 473 g/mol. The number of nitrogens with one attached hydrogen (secondary N) is 1. The smallest absolute Gasteiger partial charge is 0.318 e. The maximum absolute atomic E-state index is 13.5. The van der Waals surface area contributed by atoms with Crippen molar-refractivity contribution in [3.8, 4) is 0 Å². The van der Waals surface area contributed by atoms with Gasteiger partial charge in [0.2, 0.25) is 5.91 Å². The first-order chi connectivity index (χ1) is 15.9. The van der Waals surface area contributed by atoms with Crippen LogP contribution in [-0.4, -0.2) is 40.4 Å². The average Bonchev–Trinajstić information content (AvgIpc) is 3.22. The molecule has 1 N–H and O–H groups in total. The molecule has 1 unspecified atom stereocenters. The van der Waals surface area contributed by atoms with Crippen molar-refractivity contribution in [1.82, 2.24) is 15.1 Å². The summed E-state index contributed by atoms with van der Waals surface area (Å²) in [5, 5.41) is 5.19. The van der Waals surface area contributed by atoms with Crippen LogP contribution >= 0.6 is 11.3 Å². The number of hydrogen-bond acceptors (Lipinski definition) is 3. The van der Waals surface area contributed by atoms with E-state index in [0.29, 0.717) is 13.1 Å². The van der Waals surface area contributed by atoms with Gasteiger partial charge in [-0.1, -0.05) is 38.3 Å². The van der Waals surface area contributed by atoms with Gasteiger partial charge in [-0.15, -0.1) is 11.3 Å². The van der Waals surface area contributed by atoms with E-state index >= 15 is 0 Å². The molecule has 7 heteroatoms. The van der Waals surface area contributed by atoms with Crippen molar-refractivity contribution in [2.45, 2.75) is 84.5 Å². The van der Waals surface area contributed by atoms with Crippen LogP contribution in [-0.2, 0) is 17.9 Å². The van der Waals surface area contributed by atoms with Gasteiger partial charge in [-0.2, -0.15) is 0 Å². The first kappa shape index (κ1) is 25.2. The van der Waals surface area contributed by atoms with E-state index in [2.05, 4.69) is 5.32 Å².